The average Bonchev–Trinajstić information content (AvgIpc) is 2.59. The van der Waals surface area contributed by atoms with Crippen LogP contribution in [0.15, 0.2) is 52.3 Å². The number of sulfonamides is 1. The van der Waals surface area contributed by atoms with E-state index in [9.17, 15) is 23.3 Å². The molecular formula is C15H15N3O6S2. The normalized spacial score (nSPS) is 11.0. The minimum Gasteiger partial charge on any atom is -0.495 e. The van der Waals surface area contributed by atoms with Crippen LogP contribution in [0, 0.1) is 10.1 Å². The molecule has 0 aliphatic rings. The van der Waals surface area contributed by atoms with E-state index in [0.717, 1.165) is 0 Å². The second-order valence-electron chi connectivity index (χ2n) is 5.00. The molecule has 3 N–H and O–H groups in total. The van der Waals surface area contributed by atoms with Gasteiger partial charge in [-0.1, -0.05) is 0 Å². The van der Waals surface area contributed by atoms with Gasteiger partial charge in [0.15, 0.2) is 0 Å². The highest BCUT2D eigenvalue weighted by Crippen LogP contribution is 2.26. The predicted molar refractivity (Wildman–Crippen MR) is 96.8 cm³/mol. The fourth-order valence-electron chi connectivity index (χ4n) is 1.99. The lowest BCUT2D eigenvalue weighted by Crippen LogP contribution is -2.16. The van der Waals surface area contributed by atoms with Crippen LogP contribution in [0.1, 0.15) is 0 Å². The maximum absolute atomic E-state index is 12.0. The Balaban J connectivity index is 2.02. The monoisotopic (exact) mass is 397 g/mol. The maximum Gasteiger partial charge on any atom is 0.269 e. The molecule has 0 saturated carbocycles. The molecule has 2 aromatic rings. The number of nitrogens with one attached hydrogen (secondary N) is 1. The van der Waals surface area contributed by atoms with E-state index in [-0.39, 0.29) is 33.7 Å². The number of nitrogens with two attached hydrogens (primary N) is 1. The Hall–Kier alpha value is -2.63. The van der Waals surface area contributed by atoms with Crippen LogP contribution in [0.3, 0.4) is 0 Å². The Bertz CT molecular complexity index is 929. The van der Waals surface area contributed by atoms with Crippen molar-refractivity contribution in [1.29, 1.82) is 0 Å². The van der Waals surface area contributed by atoms with Gasteiger partial charge >= 0.3 is 0 Å². The van der Waals surface area contributed by atoms with E-state index >= 15 is 0 Å². The molecule has 2 aromatic carbocycles. The molecule has 0 fully saturated rings. The van der Waals surface area contributed by atoms with Crippen LogP contribution >= 0.6 is 11.8 Å². The maximum atomic E-state index is 12.0. The summed E-state index contributed by atoms with van der Waals surface area (Å²) in [5, 5.41) is 18.3. The Morgan fingerprint density at radius 1 is 1.27 bits per heavy atom. The number of hydrogen-bond acceptors (Lipinski definition) is 7. The summed E-state index contributed by atoms with van der Waals surface area (Å²) in [6.45, 7) is 0. The Morgan fingerprint density at radius 3 is 2.46 bits per heavy atom. The molecule has 138 valence electrons. The summed E-state index contributed by atoms with van der Waals surface area (Å²) in [5.41, 5.74) is 0.219. The van der Waals surface area contributed by atoms with Crippen molar-refractivity contribution in [2.75, 3.05) is 18.2 Å². The summed E-state index contributed by atoms with van der Waals surface area (Å²) in [5.74, 6) is -0.265. The van der Waals surface area contributed by atoms with E-state index in [1.54, 1.807) is 12.1 Å². The third-order valence-corrected chi connectivity index (χ3v) is 5.12. The zero-order valence-electron chi connectivity index (χ0n) is 13.5. The lowest BCUT2D eigenvalue weighted by atomic mass is 10.3. The molecule has 11 heteroatoms. The summed E-state index contributed by atoms with van der Waals surface area (Å²) in [6.07, 6.45) is 0. The van der Waals surface area contributed by atoms with Gasteiger partial charge in [-0.15, -0.1) is 11.8 Å². The van der Waals surface area contributed by atoms with Crippen molar-refractivity contribution < 1.29 is 22.9 Å². The zero-order valence-corrected chi connectivity index (χ0v) is 15.2. The first-order valence-corrected chi connectivity index (χ1v) is 9.62. The Kier molecular flexibility index (Phi) is 6.18. The number of nitro benzene ring substituents is 1. The van der Waals surface area contributed by atoms with Crippen molar-refractivity contribution in [2.45, 2.75) is 9.79 Å². The van der Waals surface area contributed by atoms with Gasteiger partial charge in [0, 0.05) is 22.7 Å². The molecule has 0 bridgehead atoms. The number of hydrogen-bond donors (Lipinski definition) is 2. The van der Waals surface area contributed by atoms with E-state index < -0.39 is 14.9 Å². The molecule has 0 spiro atoms. The third-order valence-electron chi connectivity index (χ3n) is 3.17. The van der Waals surface area contributed by atoms with Crippen molar-refractivity contribution in [3.63, 3.8) is 0 Å². The molecule has 0 radical (unpaired) electrons. The highest BCUT2D eigenvalue weighted by molar-refractivity contribution is 8.00. The van der Waals surface area contributed by atoms with Crippen LogP contribution in [0.4, 0.5) is 11.4 Å². The molecule has 0 aliphatic heterocycles. The number of nitrogens with zero attached hydrogens (tertiary/aromatic N) is 1. The first-order chi connectivity index (χ1) is 12.2. The average molecular weight is 397 g/mol. The Labute approximate surface area is 153 Å². The standard InChI is InChI=1S/C15H15N3O6S2/c1-24-13-7-2-10(8-14(13)26(16,22)23)17-15(19)9-25-12-5-3-11(4-6-12)18(20)21/h2-8H,9H2,1H3,(H,17,19)(H2,16,22,23). The van der Waals surface area contributed by atoms with Gasteiger partial charge in [0.1, 0.15) is 10.6 Å². The molecule has 9 nitrogen and oxygen atoms in total. The van der Waals surface area contributed by atoms with E-state index in [1.165, 1.54) is 49.2 Å². The summed E-state index contributed by atoms with van der Waals surface area (Å²) < 4.78 is 28.1. The third kappa shape index (κ3) is 5.18. The molecule has 0 atom stereocenters. The number of amides is 1. The van der Waals surface area contributed by atoms with Crippen LogP contribution in [0.25, 0.3) is 0 Å². The van der Waals surface area contributed by atoms with Gasteiger partial charge in [-0.25, -0.2) is 13.6 Å². The number of non-ortho nitro benzene ring substituents is 1. The van der Waals surface area contributed by atoms with Gasteiger partial charge in [0.25, 0.3) is 5.69 Å². The van der Waals surface area contributed by atoms with Crippen molar-refractivity contribution >= 4 is 39.1 Å². The van der Waals surface area contributed by atoms with E-state index in [4.69, 9.17) is 9.88 Å². The molecule has 26 heavy (non-hydrogen) atoms. The van der Waals surface area contributed by atoms with E-state index in [2.05, 4.69) is 5.32 Å². The van der Waals surface area contributed by atoms with E-state index in [1.807, 2.05) is 0 Å². The minimum absolute atomic E-state index is 0.0347. The zero-order chi connectivity index (χ0) is 19.3. The summed E-state index contributed by atoms with van der Waals surface area (Å²) in [7, 11) is -2.70. The van der Waals surface area contributed by atoms with E-state index in [0.29, 0.717) is 4.90 Å². The molecule has 0 unspecified atom stereocenters. The fourth-order valence-corrected chi connectivity index (χ4v) is 3.41. The van der Waals surface area contributed by atoms with Crippen LogP contribution in [0.2, 0.25) is 0 Å². The number of rotatable bonds is 7. The Morgan fingerprint density at radius 2 is 1.92 bits per heavy atom. The SMILES string of the molecule is COc1ccc(NC(=O)CSc2ccc([N+](=O)[O-])cc2)cc1S(N)(=O)=O. The van der Waals surface area contributed by atoms with Gasteiger partial charge in [0.05, 0.1) is 17.8 Å². The fraction of sp³-hybridized carbons (Fsp3) is 0.133. The van der Waals surface area contributed by atoms with Crippen molar-refractivity contribution in [2.24, 2.45) is 5.14 Å². The summed E-state index contributed by atoms with van der Waals surface area (Å²) >= 11 is 1.18. The van der Waals surface area contributed by atoms with Crippen molar-refractivity contribution in [1.82, 2.24) is 0 Å². The highest BCUT2D eigenvalue weighted by Gasteiger charge is 2.16. The number of primary sulfonamides is 1. The summed E-state index contributed by atoms with van der Waals surface area (Å²) in [6, 6.07) is 9.87. The second-order valence-corrected chi connectivity index (χ2v) is 7.58. The van der Waals surface area contributed by atoms with Gasteiger partial charge in [0.2, 0.25) is 15.9 Å². The summed E-state index contributed by atoms with van der Waals surface area (Å²) in [4.78, 5) is 22.6. The second kappa shape index (κ2) is 8.17. The van der Waals surface area contributed by atoms with Crippen LogP contribution in [-0.2, 0) is 14.8 Å². The lowest BCUT2D eigenvalue weighted by Gasteiger charge is -2.10. The molecule has 0 saturated heterocycles. The molecule has 1 amide bonds. The van der Waals surface area contributed by atoms with Crippen LogP contribution in [0.5, 0.6) is 5.75 Å². The van der Waals surface area contributed by atoms with Gasteiger partial charge in [-0.3, -0.25) is 14.9 Å². The molecule has 0 heterocycles. The quantitative estimate of drug-likeness (QED) is 0.413. The number of ether oxygens (including phenoxy) is 1. The number of carbonyl (C=O) groups is 1. The topological polar surface area (TPSA) is 142 Å². The molecule has 2 rings (SSSR count). The van der Waals surface area contributed by atoms with Crippen molar-refractivity contribution in [3.8, 4) is 5.75 Å². The van der Waals surface area contributed by atoms with Crippen molar-refractivity contribution in [3.05, 3.63) is 52.6 Å². The number of benzene rings is 2. The molecular weight excluding hydrogens is 382 g/mol. The van der Waals surface area contributed by atoms with Gasteiger partial charge in [-0.2, -0.15) is 0 Å². The number of thioether (sulfide) groups is 1. The first kappa shape index (κ1) is 19.7. The number of anilines is 1. The number of carbonyl (C=O) groups excluding carboxylic acids is 1. The minimum atomic E-state index is -4.01. The lowest BCUT2D eigenvalue weighted by molar-refractivity contribution is -0.384. The largest absolute Gasteiger partial charge is 0.495 e. The van der Waals surface area contributed by atoms with Gasteiger partial charge < -0.3 is 10.1 Å². The predicted octanol–water partition coefficient (Wildman–Crippen LogP) is 1.98. The van der Waals surface area contributed by atoms with Crippen LogP contribution in [-0.4, -0.2) is 32.1 Å². The van der Waals surface area contributed by atoms with Crippen LogP contribution < -0.4 is 15.2 Å². The smallest absolute Gasteiger partial charge is 0.269 e. The highest BCUT2D eigenvalue weighted by atomic mass is 32.2. The molecule has 0 aromatic heterocycles. The number of nitro groups is 1. The number of methoxy groups -OCH3 is 1. The molecule has 0 aliphatic carbocycles. The van der Waals surface area contributed by atoms with Gasteiger partial charge in [-0.05, 0) is 30.3 Å². The first-order valence-electron chi connectivity index (χ1n) is 7.08.